The van der Waals surface area contributed by atoms with Crippen molar-refractivity contribution in [1.82, 2.24) is 4.90 Å². The number of ether oxygens (including phenoxy) is 2. The van der Waals surface area contributed by atoms with Crippen LogP contribution in [0.25, 0.3) is 0 Å². The van der Waals surface area contributed by atoms with Crippen molar-refractivity contribution < 1.29 is 14.6 Å². The molecule has 0 radical (unpaired) electrons. The average molecular weight is 315 g/mol. The second-order valence-corrected chi connectivity index (χ2v) is 5.49. The Morgan fingerprint density at radius 3 is 2.30 bits per heavy atom. The molecule has 0 aliphatic heterocycles. The summed E-state index contributed by atoms with van der Waals surface area (Å²) in [6, 6.07) is 19.8. The van der Waals surface area contributed by atoms with Crippen LogP contribution in [-0.2, 0) is 11.3 Å². The minimum atomic E-state index is -0.546. The van der Waals surface area contributed by atoms with Crippen LogP contribution in [-0.4, -0.2) is 49.5 Å². The van der Waals surface area contributed by atoms with Crippen LogP contribution >= 0.6 is 0 Å². The van der Waals surface area contributed by atoms with E-state index in [1.54, 1.807) is 7.11 Å². The molecule has 4 heteroatoms. The van der Waals surface area contributed by atoms with Crippen LogP contribution in [0.1, 0.15) is 5.56 Å². The number of methoxy groups -OCH3 is 1. The Balaban J connectivity index is 1.83. The highest BCUT2D eigenvalue weighted by atomic mass is 16.5. The molecule has 0 bridgehead atoms. The zero-order chi connectivity index (χ0) is 16.3. The molecule has 0 aromatic heterocycles. The lowest BCUT2D eigenvalue weighted by atomic mass is 10.2. The molecule has 23 heavy (non-hydrogen) atoms. The Kier molecular flexibility index (Phi) is 7.60. The van der Waals surface area contributed by atoms with E-state index in [1.807, 2.05) is 48.5 Å². The van der Waals surface area contributed by atoms with Gasteiger partial charge in [0.05, 0.1) is 6.61 Å². The number of para-hydroxylation sites is 1. The maximum absolute atomic E-state index is 10.3. The van der Waals surface area contributed by atoms with Crippen molar-refractivity contribution in [2.45, 2.75) is 12.6 Å². The first-order valence-corrected chi connectivity index (χ1v) is 7.89. The molecular weight excluding hydrogens is 290 g/mol. The molecule has 124 valence electrons. The fraction of sp³-hybridized carbons (Fsp3) is 0.368. The Labute approximate surface area is 138 Å². The number of rotatable bonds is 10. The van der Waals surface area contributed by atoms with Crippen molar-refractivity contribution in [3.05, 3.63) is 66.2 Å². The maximum atomic E-state index is 10.3. The normalized spacial score (nSPS) is 12.3. The van der Waals surface area contributed by atoms with Gasteiger partial charge in [0.25, 0.3) is 0 Å². The van der Waals surface area contributed by atoms with Crippen LogP contribution in [0.4, 0.5) is 0 Å². The van der Waals surface area contributed by atoms with Crippen LogP contribution < -0.4 is 4.74 Å². The van der Waals surface area contributed by atoms with E-state index < -0.39 is 6.10 Å². The second kappa shape index (κ2) is 10.0. The van der Waals surface area contributed by atoms with E-state index in [4.69, 9.17) is 9.47 Å². The minimum Gasteiger partial charge on any atom is -0.491 e. The second-order valence-electron chi connectivity index (χ2n) is 5.49. The Morgan fingerprint density at radius 2 is 1.65 bits per heavy atom. The molecule has 2 aromatic carbocycles. The Hall–Kier alpha value is -1.88. The highest BCUT2D eigenvalue weighted by Crippen LogP contribution is 2.10. The zero-order valence-corrected chi connectivity index (χ0v) is 13.6. The van der Waals surface area contributed by atoms with Crippen molar-refractivity contribution in [2.24, 2.45) is 0 Å². The number of aliphatic hydroxyl groups is 1. The SMILES string of the molecule is COCCN(Cc1ccccc1)C[C@@H](O)COc1ccccc1. The highest BCUT2D eigenvalue weighted by molar-refractivity contribution is 5.20. The molecule has 0 aliphatic carbocycles. The van der Waals surface area contributed by atoms with Crippen LogP contribution in [0.3, 0.4) is 0 Å². The lowest BCUT2D eigenvalue weighted by Gasteiger charge is -2.25. The first-order chi connectivity index (χ1) is 11.3. The molecule has 0 fully saturated rings. The summed E-state index contributed by atoms with van der Waals surface area (Å²) in [5.41, 5.74) is 1.22. The molecule has 2 aromatic rings. The summed E-state index contributed by atoms with van der Waals surface area (Å²) in [4.78, 5) is 2.18. The van der Waals surface area contributed by atoms with Crippen molar-refractivity contribution >= 4 is 0 Å². The molecule has 0 spiro atoms. The minimum absolute atomic E-state index is 0.280. The standard InChI is InChI=1S/C19H25NO3/c1-22-13-12-20(14-17-8-4-2-5-9-17)15-18(21)16-23-19-10-6-3-7-11-19/h2-11,18,21H,12-16H2,1H3/t18-/m1/s1. The number of aliphatic hydroxyl groups excluding tert-OH is 1. The van der Waals surface area contributed by atoms with E-state index in [1.165, 1.54) is 5.56 Å². The molecule has 0 aliphatic rings. The van der Waals surface area contributed by atoms with Crippen LogP contribution in [0.5, 0.6) is 5.75 Å². The summed E-state index contributed by atoms with van der Waals surface area (Å²) in [6.45, 7) is 3.02. The molecule has 1 N–H and O–H groups in total. The van der Waals surface area contributed by atoms with Gasteiger partial charge >= 0.3 is 0 Å². The van der Waals surface area contributed by atoms with Gasteiger partial charge in [-0.05, 0) is 17.7 Å². The fourth-order valence-electron chi connectivity index (χ4n) is 2.36. The Morgan fingerprint density at radius 1 is 1.00 bits per heavy atom. The predicted octanol–water partition coefficient (Wildman–Crippen LogP) is 2.57. The summed E-state index contributed by atoms with van der Waals surface area (Å²) in [7, 11) is 1.69. The predicted molar refractivity (Wildman–Crippen MR) is 91.5 cm³/mol. The first-order valence-electron chi connectivity index (χ1n) is 7.89. The van der Waals surface area contributed by atoms with Crippen molar-refractivity contribution in [3.8, 4) is 5.75 Å². The molecule has 0 unspecified atom stereocenters. The average Bonchev–Trinajstić information content (AvgIpc) is 2.60. The molecule has 2 rings (SSSR count). The monoisotopic (exact) mass is 315 g/mol. The number of hydrogen-bond donors (Lipinski definition) is 1. The van der Waals surface area contributed by atoms with Gasteiger partial charge in [0.15, 0.2) is 0 Å². The third-order valence-corrected chi connectivity index (χ3v) is 3.52. The molecule has 4 nitrogen and oxygen atoms in total. The highest BCUT2D eigenvalue weighted by Gasteiger charge is 2.13. The summed E-state index contributed by atoms with van der Waals surface area (Å²) in [5, 5.41) is 10.3. The van der Waals surface area contributed by atoms with Gasteiger partial charge in [0.1, 0.15) is 18.5 Å². The first kappa shape index (κ1) is 17.5. The van der Waals surface area contributed by atoms with Crippen molar-refractivity contribution in [3.63, 3.8) is 0 Å². The van der Waals surface area contributed by atoms with Crippen molar-refractivity contribution in [1.29, 1.82) is 0 Å². The van der Waals surface area contributed by atoms with Gasteiger partial charge in [-0.1, -0.05) is 48.5 Å². The van der Waals surface area contributed by atoms with E-state index in [9.17, 15) is 5.11 Å². The van der Waals surface area contributed by atoms with E-state index in [0.29, 0.717) is 13.2 Å². The van der Waals surface area contributed by atoms with Crippen LogP contribution in [0.2, 0.25) is 0 Å². The quantitative estimate of drug-likeness (QED) is 0.732. The number of nitrogens with zero attached hydrogens (tertiary/aromatic N) is 1. The number of benzene rings is 2. The molecule has 0 saturated heterocycles. The van der Waals surface area contributed by atoms with Gasteiger partial charge in [-0.3, -0.25) is 4.90 Å². The van der Waals surface area contributed by atoms with Gasteiger partial charge < -0.3 is 14.6 Å². The van der Waals surface area contributed by atoms with Crippen molar-refractivity contribution in [2.75, 3.05) is 33.4 Å². The lowest BCUT2D eigenvalue weighted by Crippen LogP contribution is -2.37. The van der Waals surface area contributed by atoms with Gasteiger partial charge in [0.2, 0.25) is 0 Å². The van der Waals surface area contributed by atoms with E-state index >= 15 is 0 Å². The van der Waals surface area contributed by atoms with Crippen LogP contribution in [0.15, 0.2) is 60.7 Å². The third kappa shape index (κ3) is 6.82. The molecule has 0 amide bonds. The van der Waals surface area contributed by atoms with Crippen LogP contribution in [0, 0.1) is 0 Å². The van der Waals surface area contributed by atoms with Gasteiger partial charge in [-0.15, -0.1) is 0 Å². The smallest absolute Gasteiger partial charge is 0.119 e. The molecule has 0 saturated carbocycles. The van der Waals surface area contributed by atoms with E-state index in [2.05, 4.69) is 17.0 Å². The lowest BCUT2D eigenvalue weighted by molar-refractivity contribution is 0.0542. The zero-order valence-electron chi connectivity index (χ0n) is 13.6. The topological polar surface area (TPSA) is 41.9 Å². The van der Waals surface area contributed by atoms with E-state index in [-0.39, 0.29) is 6.61 Å². The fourth-order valence-corrected chi connectivity index (χ4v) is 2.36. The Bertz CT molecular complexity index is 533. The molecular formula is C19H25NO3. The molecule has 1 atom stereocenters. The third-order valence-electron chi connectivity index (χ3n) is 3.52. The number of hydrogen-bond acceptors (Lipinski definition) is 4. The van der Waals surface area contributed by atoms with Gasteiger partial charge in [-0.25, -0.2) is 0 Å². The molecule has 0 heterocycles. The summed E-state index contributed by atoms with van der Waals surface area (Å²) in [5.74, 6) is 0.776. The van der Waals surface area contributed by atoms with Gasteiger partial charge in [-0.2, -0.15) is 0 Å². The largest absolute Gasteiger partial charge is 0.491 e. The van der Waals surface area contributed by atoms with E-state index in [0.717, 1.165) is 18.8 Å². The summed E-state index contributed by atoms with van der Waals surface area (Å²) < 4.78 is 10.8. The van der Waals surface area contributed by atoms with Gasteiger partial charge in [0, 0.05) is 26.7 Å². The summed E-state index contributed by atoms with van der Waals surface area (Å²) in [6.07, 6.45) is -0.546. The maximum Gasteiger partial charge on any atom is 0.119 e. The summed E-state index contributed by atoms with van der Waals surface area (Å²) >= 11 is 0.